The fourth-order valence-corrected chi connectivity index (χ4v) is 3.88. The summed E-state index contributed by atoms with van der Waals surface area (Å²) < 4.78 is 11.4. The molecule has 1 amide bonds. The number of amides is 1. The summed E-state index contributed by atoms with van der Waals surface area (Å²) in [4.78, 5) is 23.7. The highest BCUT2D eigenvalue weighted by Gasteiger charge is 2.26. The highest BCUT2D eigenvalue weighted by molar-refractivity contribution is 6.09. The van der Waals surface area contributed by atoms with Gasteiger partial charge in [0.25, 0.3) is 0 Å². The number of rotatable bonds is 8. The smallest absolute Gasteiger partial charge is 0.221 e. The first-order chi connectivity index (χ1) is 15.1. The second-order valence-electron chi connectivity index (χ2n) is 7.34. The Hall–Kier alpha value is -3.87. The summed E-state index contributed by atoms with van der Waals surface area (Å²) in [7, 11) is 1.55. The van der Waals surface area contributed by atoms with Gasteiger partial charge in [-0.3, -0.25) is 14.9 Å². The fraction of sp³-hybridized carbons (Fsp3) is 0.208. The van der Waals surface area contributed by atoms with Crippen molar-refractivity contribution in [3.8, 4) is 5.75 Å². The number of methoxy groups -OCH3 is 1. The predicted octanol–water partition coefficient (Wildman–Crippen LogP) is 4.66. The molecule has 0 unspecified atom stereocenters. The Morgan fingerprint density at radius 2 is 1.84 bits per heavy atom. The van der Waals surface area contributed by atoms with Crippen LogP contribution in [0, 0.1) is 10.1 Å². The van der Waals surface area contributed by atoms with Crippen molar-refractivity contribution in [3.63, 3.8) is 0 Å². The van der Waals surface area contributed by atoms with Crippen LogP contribution in [0.1, 0.15) is 23.5 Å². The summed E-state index contributed by atoms with van der Waals surface area (Å²) in [5, 5.41) is 15.9. The number of fused-ring (bicyclic) bond motifs is 3. The maximum absolute atomic E-state index is 12.7. The Morgan fingerprint density at radius 1 is 1.10 bits per heavy atom. The molecule has 3 aromatic carbocycles. The molecule has 1 aromatic heterocycles. The number of nitrogens with zero attached hydrogens (tertiary/aromatic N) is 1. The van der Waals surface area contributed by atoms with E-state index in [1.54, 1.807) is 19.2 Å². The first kappa shape index (κ1) is 20.4. The largest absolute Gasteiger partial charge is 0.493 e. The molecule has 0 fully saturated rings. The molecule has 4 rings (SSSR count). The van der Waals surface area contributed by atoms with Crippen LogP contribution in [-0.2, 0) is 11.3 Å². The van der Waals surface area contributed by atoms with E-state index in [1.165, 1.54) is 0 Å². The molecular weight excluding hydrogens is 396 g/mol. The van der Waals surface area contributed by atoms with Gasteiger partial charge < -0.3 is 14.5 Å². The molecule has 0 spiro atoms. The molecule has 0 saturated carbocycles. The average Bonchev–Trinajstić information content (AvgIpc) is 3.17. The highest BCUT2D eigenvalue weighted by Crippen LogP contribution is 2.40. The summed E-state index contributed by atoms with van der Waals surface area (Å²) in [6.45, 7) is 0.0111. The van der Waals surface area contributed by atoms with Gasteiger partial charge in [-0.1, -0.05) is 54.6 Å². The van der Waals surface area contributed by atoms with Crippen molar-refractivity contribution >= 4 is 27.8 Å². The van der Waals surface area contributed by atoms with Crippen LogP contribution in [0.3, 0.4) is 0 Å². The Bertz CT molecular complexity index is 1230. The Morgan fingerprint density at radius 3 is 2.58 bits per heavy atom. The van der Waals surface area contributed by atoms with Crippen molar-refractivity contribution in [2.75, 3.05) is 13.7 Å². The SMILES string of the molecule is COc1ccc([C@H](CC(=O)NCc2ccccc2)C[N+](=O)[O-])c2c1oc1ccccc12. The summed E-state index contributed by atoms with van der Waals surface area (Å²) in [5.41, 5.74) is 2.86. The zero-order valence-corrected chi connectivity index (χ0v) is 17.0. The maximum atomic E-state index is 12.7. The van der Waals surface area contributed by atoms with Crippen molar-refractivity contribution in [2.45, 2.75) is 18.9 Å². The van der Waals surface area contributed by atoms with Gasteiger partial charge in [0.1, 0.15) is 5.58 Å². The molecule has 0 bridgehead atoms. The van der Waals surface area contributed by atoms with E-state index in [1.807, 2.05) is 54.6 Å². The van der Waals surface area contributed by atoms with Crippen LogP contribution in [0.2, 0.25) is 0 Å². The van der Waals surface area contributed by atoms with Gasteiger partial charge in [0.2, 0.25) is 12.5 Å². The first-order valence-electron chi connectivity index (χ1n) is 9.97. The van der Waals surface area contributed by atoms with E-state index in [4.69, 9.17) is 9.15 Å². The fourth-order valence-electron chi connectivity index (χ4n) is 3.88. The summed E-state index contributed by atoms with van der Waals surface area (Å²) in [6, 6.07) is 20.6. The van der Waals surface area contributed by atoms with Crippen LogP contribution in [-0.4, -0.2) is 24.5 Å². The van der Waals surface area contributed by atoms with Gasteiger partial charge >= 0.3 is 0 Å². The second-order valence-corrected chi connectivity index (χ2v) is 7.34. The Balaban J connectivity index is 1.69. The number of carbonyl (C=O) groups excluding carboxylic acids is 1. The zero-order chi connectivity index (χ0) is 21.8. The normalized spacial score (nSPS) is 12.0. The molecule has 0 radical (unpaired) electrons. The van der Waals surface area contributed by atoms with Crippen molar-refractivity contribution in [2.24, 2.45) is 0 Å². The zero-order valence-electron chi connectivity index (χ0n) is 17.0. The molecule has 4 aromatic rings. The van der Waals surface area contributed by atoms with Gasteiger partial charge in [0.05, 0.1) is 13.0 Å². The molecule has 1 heterocycles. The molecule has 7 heteroatoms. The minimum atomic E-state index is -0.611. The number of benzene rings is 3. The summed E-state index contributed by atoms with van der Waals surface area (Å²) in [5.74, 6) is -0.309. The summed E-state index contributed by atoms with van der Waals surface area (Å²) in [6.07, 6.45) is -0.00521. The molecule has 7 nitrogen and oxygen atoms in total. The third kappa shape index (κ3) is 4.35. The minimum absolute atomic E-state index is 0.00521. The van der Waals surface area contributed by atoms with Gasteiger partial charge in [0.15, 0.2) is 11.3 Å². The molecule has 31 heavy (non-hydrogen) atoms. The number of hydrogen-bond donors (Lipinski definition) is 1. The number of furan rings is 1. The van der Waals surface area contributed by atoms with Gasteiger partial charge in [-0.15, -0.1) is 0 Å². The third-order valence-corrected chi connectivity index (χ3v) is 5.32. The molecule has 1 atom stereocenters. The lowest BCUT2D eigenvalue weighted by Crippen LogP contribution is -2.27. The molecular formula is C24H22N2O5. The molecule has 0 aliphatic heterocycles. The quantitative estimate of drug-likeness (QED) is 0.332. The van der Waals surface area contributed by atoms with Gasteiger partial charge in [-0.2, -0.15) is 0 Å². The molecule has 0 aliphatic rings. The number of nitrogens with one attached hydrogen (secondary N) is 1. The van der Waals surface area contributed by atoms with Gasteiger partial charge in [-0.25, -0.2) is 0 Å². The number of hydrogen-bond acceptors (Lipinski definition) is 5. The minimum Gasteiger partial charge on any atom is -0.493 e. The van der Waals surface area contributed by atoms with Gasteiger partial charge in [-0.05, 0) is 23.3 Å². The predicted molar refractivity (Wildman–Crippen MR) is 118 cm³/mol. The van der Waals surface area contributed by atoms with Crippen molar-refractivity contribution in [1.29, 1.82) is 0 Å². The van der Waals surface area contributed by atoms with E-state index < -0.39 is 5.92 Å². The van der Waals surface area contributed by atoms with Crippen LogP contribution in [0.25, 0.3) is 21.9 Å². The topological polar surface area (TPSA) is 94.6 Å². The van der Waals surface area contributed by atoms with Gasteiger partial charge in [0, 0.05) is 28.7 Å². The van der Waals surface area contributed by atoms with E-state index in [2.05, 4.69) is 5.32 Å². The Kier molecular flexibility index (Phi) is 5.84. The standard InChI is InChI=1S/C24H22N2O5/c1-30-21-12-11-18(23-19-9-5-6-10-20(19)31-24(21)23)17(15-26(28)29)13-22(27)25-14-16-7-3-2-4-8-16/h2-12,17H,13-15H2,1H3,(H,25,27)/t17-/m1/s1. The van der Waals surface area contributed by atoms with Crippen LogP contribution < -0.4 is 10.1 Å². The number of carbonyl (C=O) groups is 1. The van der Waals surface area contributed by atoms with Crippen molar-refractivity contribution in [1.82, 2.24) is 5.32 Å². The summed E-state index contributed by atoms with van der Waals surface area (Å²) >= 11 is 0. The monoisotopic (exact) mass is 418 g/mol. The molecule has 158 valence electrons. The molecule has 0 saturated heterocycles. The van der Waals surface area contributed by atoms with Crippen molar-refractivity contribution < 1.29 is 18.9 Å². The van der Waals surface area contributed by atoms with E-state index >= 15 is 0 Å². The third-order valence-electron chi connectivity index (χ3n) is 5.32. The van der Waals surface area contributed by atoms with E-state index in [-0.39, 0.29) is 23.8 Å². The van der Waals surface area contributed by atoms with E-state index in [9.17, 15) is 14.9 Å². The second kappa shape index (κ2) is 8.87. The van der Waals surface area contributed by atoms with Crippen LogP contribution in [0.4, 0.5) is 0 Å². The lowest BCUT2D eigenvalue weighted by atomic mass is 9.91. The lowest BCUT2D eigenvalue weighted by molar-refractivity contribution is -0.483. The van der Waals surface area contributed by atoms with Crippen LogP contribution in [0.5, 0.6) is 5.75 Å². The molecule has 0 aliphatic carbocycles. The molecule has 1 N–H and O–H groups in total. The highest BCUT2D eigenvalue weighted by atomic mass is 16.6. The van der Waals surface area contributed by atoms with Crippen LogP contribution >= 0.6 is 0 Å². The Labute approximate surface area is 178 Å². The number of para-hydroxylation sites is 1. The lowest BCUT2D eigenvalue weighted by Gasteiger charge is -2.15. The van der Waals surface area contributed by atoms with Crippen LogP contribution in [0.15, 0.2) is 71.1 Å². The number of nitro groups is 1. The van der Waals surface area contributed by atoms with E-state index in [0.29, 0.717) is 29.0 Å². The number of ether oxygens (including phenoxy) is 1. The maximum Gasteiger partial charge on any atom is 0.221 e. The van der Waals surface area contributed by atoms with Crippen molar-refractivity contribution in [3.05, 3.63) is 88.0 Å². The average molecular weight is 418 g/mol. The van der Waals surface area contributed by atoms with E-state index in [0.717, 1.165) is 16.3 Å². The first-order valence-corrected chi connectivity index (χ1v) is 9.97.